The lowest BCUT2D eigenvalue weighted by Gasteiger charge is -2.09. The molecule has 0 unspecified atom stereocenters. The van der Waals surface area contributed by atoms with Gasteiger partial charge in [-0.3, -0.25) is 9.59 Å². The standard InChI is InChI=1S/C21H16ClFN2O3/c22-18-12-16(8-11-19(18)23)24-20(26)13-28-17-9-6-15(7-10-17)25-21(27)14-4-2-1-3-5-14/h1-12H,13H2,(H,24,26)(H,25,27). The Morgan fingerprint density at radius 2 is 1.57 bits per heavy atom. The van der Waals surface area contributed by atoms with E-state index in [2.05, 4.69) is 10.6 Å². The van der Waals surface area contributed by atoms with E-state index in [1.165, 1.54) is 18.2 Å². The fraction of sp³-hybridized carbons (Fsp3) is 0.0476. The summed E-state index contributed by atoms with van der Waals surface area (Å²) in [5.74, 6) is -0.726. The van der Waals surface area contributed by atoms with Gasteiger partial charge in [-0.05, 0) is 54.6 Å². The molecular formula is C21H16ClFN2O3. The third-order valence-corrected chi connectivity index (χ3v) is 4.01. The van der Waals surface area contributed by atoms with Crippen LogP contribution in [0.2, 0.25) is 5.02 Å². The number of anilines is 2. The van der Waals surface area contributed by atoms with Crippen LogP contribution in [0.5, 0.6) is 5.75 Å². The van der Waals surface area contributed by atoms with Gasteiger partial charge in [0.25, 0.3) is 11.8 Å². The molecule has 0 aliphatic rings. The number of carbonyl (C=O) groups excluding carboxylic acids is 2. The van der Waals surface area contributed by atoms with Crippen molar-refractivity contribution >= 4 is 34.8 Å². The van der Waals surface area contributed by atoms with Gasteiger partial charge in [0.15, 0.2) is 6.61 Å². The van der Waals surface area contributed by atoms with E-state index in [0.29, 0.717) is 22.7 Å². The van der Waals surface area contributed by atoms with Crippen molar-refractivity contribution in [1.82, 2.24) is 0 Å². The van der Waals surface area contributed by atoms with Crippen molar-refractivity contribution in [2.45, 2.75) is 0 Å². The quantitative estimate of drug-likeness (QED) is 0.629. The third kappa shape index (κ3) is 5.31. The molecule has 3 aromatic rings. The first-order valence-electron chi connectivity index (χ1n) is 8.35. The maximum Gasteiger partial charge on any atom is 0.262 e. The minimum absolute atomic E-state index is 0.0770. The SMILES string of the molecule is O=C(COc1ccc(NC(=O)c2ccccc2)cc1)Nc1ccc(F)c(Cl)c1. The van der Waals surface area contributed by atoms with Crippen LogP contribution in [-0.4, -0.2) is 18.4 Å². The number of ether oxygens (including phenoxy) is 1. The second kappa shape index (κ2) is 9.01. The van der Waals surface area contributed by atoms with Gasteiger partial charge in [0.1, 0.15) is 11.6 Å². The van der Waals surface area contributed by atoms with Crippen LogP contribution in [0, 0.1) is 5.82 Å². The Hall–Kier alpha value is -3.38. The van der Waals surface area contributed by atoms with E-state index in [1.807, 2.05) is 6.07 Å². The molecule has 2 N–H and O–H groups in total. The molecule has 0 radical (unpaired) electrons. The van der Waals surface area contributed by atoms with Crippen molar-refractivity contribution in [3.05, 3.63) is 89.2 Å². The summed E-state index contributed by atoms with van der Waals surface area (Å²) >= 11 is 5.67. The van der Waals surface area contributed by atoms with Crippen LogP contribution in [0.25, 0.3) is 0 Å². The van der Waals surface area contributed by atoms with E-state index >= 15 is 0 Å². The molecule has 0 aliphatic heterocycles. The maximum atomic E-state index is 13.1. The first-order valence-corrected chi connectivity index (χ1v) is 8.73. The number of carbonyl (C=O) groups is 2. The fourth-order valence-corrected chi connectivity index (χ4v) is 2.53. The molecule has 5 nitrogen and oxygen atoms in total. The van der Waals surface area contributed by atoms with E-state index in [4.69, 9.17) is 16.3 Å². The minimum Gasteiger partial charge on any atom is -0.484 e. The summed E-state index contributed by atoms with van der Waals surface area (Å²) < 4.78 is 18.5. The van der Waals surface area contributed by atoms with Crippen molar-refractivity contribution in [2.24, 2.45) is 0 Å². The molecule has 0 bridgehead atoms. The Labute approximate surface area is 166 Å². The summed E-state index contributed by atoms with van der Waals surface area (Å²) in [4.78, 5) is 24.0. The summed E-state index contributed by atoms with van der Waals surface area (Å²) in [6.45, 7) is -0.231. The zero-order chi connectivity index (χ0) is 19.9. The number of halogens is 2. The predicted octanol–water partition coefficient (Wildman–Crippen LogP) is 4.75. The lowest BCUT2D eigenvalue weighted by Crippen LogP contribution is -2.20. The molecule has 3 rings (SSSR count). The molecule has 28 heavy (non-hydrogen) atoms. The number of nitrogens with one attached hydrogen (secondary N) is 2. The van der Waals surface area contributed by atoms with Crippen LogP contribution in [0.4, 0.5) is 15.8 Å². The summed E-state index contributed by atoms with van der Waals surface area (Å²) in [5, 5.41) is 5.26. The van der Waals surface area contributed by atoms with Gasteiger partial charge < -0.3 is 15.4 Å². The van der Waals surface area contributed by atoms with Crippen LogP contribution in [0.15, 0.2) is 72.8 Å². The lowest BCUT2D eigenvalue weighted by atomic mass is 10.2. The van der Waals surface area contributed by atoms with Crippen molar-refractivity contribution in [2.75, 3.05) is 17.2 Å². The van der Waals surface area contributed by atoms with Gasteiger partial charge in [-0.2, -0.15) is 0 Å². The average Bonchev–Trinajstić information content (AvgIpc) is 2.71. The molecule has 0 spiro atoms. The number of hydrogen-bond acceptors (Lipinski definition) is 3. The van der Waals surface area contributed by atoms with Gasteiger partial charge in [-0.1, -0.05) is 29.8 Å². The molecule has 0 aliphatic carbocycles. The highest BCUT2D eigenvalue weighted by molar-refractivity contribution is 6.31. The monoisotopic (exact) mass is 398 g/mol. The Morgan fingerprint density at radius 1 is 0.893 bits per heavy atom. The van der Waals surface area contributed by atoms with E-state index in [1.54, 1.807) is 48.5 Å². The molecule has 3 aromatic carbocycles. The van der Waals surface area contributed by atoms with Gasteiger partial charge in [-0.25, -0.2) is 4.39 Å². The molecular weight excluding hydrogens is 383 g/mol. The second-order valence-electron chi connectivity index (χ2n) is 5.81. The first-order chi connectivity index (χ1) is 13.5. The zero-order valence-corrected chi connectivity index (χ0v) is 15.4. The van der Waals surface area contributed by atoms with E-state index in [0.717, 1.165) is 0 Å². The van der Waals surface area contributed by atoms with E-state index in [9.17, 15) is 14.0 Å². The topological polar surface area (TPSA) is 67.4 Å². The summed E-state index contributed by atoms with van der Waals surface area (Å²) in [7, 11) is 0. The smallest absolute Gasteiger partial charge is 0.262 e. The van der Waals surface area contributed by atoms with Crippen LogP contribution >= 0.6 is 11.6 Å². The van der Waals surface area contributed by atoms with Crippen molar-refractivity contribution in [3.63, 3.8) is 0 Å². The highest BCUT2D eigenvalue weighted by Gasteiger charge is 2.08. The molecule has 0 atom stereocenters. The summed E-state index contributed by atoms with van der Waals surface area (Å²) in [6.07, 6.45) is 0. The van der Waals surface area contributed by atoms with Crippen LogP contribution < -0.4 is 15.4 Å². The number of benzene rings is 3. The molecule has 0 heterocycles. The zero-order valence-electron chi connectivity index (χ0n) is 14.6. The largest absolute Gasteiger partial charge is 0.484 e. The van der Waals surface area contributed by atoms with Gasteiger partial charge in [-0.15, -0.1) is 0 Å². The predicted molar refractivity (Wildman–Crippen MR) is 106 cm³/mol. The van der Waals surface area contributed by atoms with E-state index in [-0.39, 0.29) is 17.5 Å². The number of rotatable bonds is 6. The highest BCUT2D eigenvalue weighted by atomic mass is 35.5. The van der Waals surface area contributed by atoms with Crippen molar-refractivity contribution in [1.29, 1.82) is 0 Å². The Kier molecular flexibility index (Phi) is 6.24. The van der Waals surface area contributed by atoms with Gasteiger partial charge in [0.2, 0.25) is 0 Å². The van der Waals surface area contributed by atoms with Crippen LogP contribution in [0.1, 0.15) is 10.4 Å². The second-order valence-corrected chi connectivity index (χ2v) is 6.22. The highest BCUT2D eigenvalue weighted by Crippen LogP contribution is 2.20. The Balaban J connectivity index is 1.50. The molecule has 0 saturated carbocycles. The van der Waals surface area contributed by atoms with Crippen LogP contribution in [0.3, 0.4) is 0 Å². The Morgan fingerprint density at radius 3 is 2.25 bits per heavy atom. The molecule has 142 valence electrons. The fourth-order valence-electron chi connectivity index (χ4n) is 2.35. The maximum absolute atomic E-state index is 13.1. The van der Waals surface area contributed by atoms with Crippen molar-refractivity contribution in [3.8, 4) is 5.75 Å². The van der Waals surface area contributed by atoms with Gasteiger partial charge in [0, 0.05) is 16.9 Å². The molecule has 0 fully saturated rings. The lowest BCUT2D eigenvalue weighted by molar-refractivity contribution is -0.118. The third-order valence-electron chi connectivity index (χ3n) is 3.72. The van der Waals surface area contributed by atoms with Crippen LogP contribution in [-0.2, 0) is 4.79 Å². The molecule has 7 heteroatoms. The summed E-state index contributed by atoms with van der Waals surface area (Å²) in [5.41, 5.74) is 1.53. The molecule has 0 aromatic heterocycles. The van der Waals surface area contributed by atoms with Gasteiger partial charge in [0.05, 0.1) is 5.02 Å². The molecule has 0 saturated heterocycles. The average molecular weight is 399 g/mol. The number of hydrogen-bond donors (Lipinski definition) is 2. The van der Waals surface area contributed by atoms with Gasteiger partial charge >= 0.3 is 0 Å². The Bertz CT molecular complexity index is 979. The number of amides is 2. The molecule has 2 amide bonds. The van der Waals surface area contributed by atoms with E-state index < -0.39 is 11.7 Å². The first kappa shape index (κ1) is 19.4. The normalized spacial score (nSPS) is 10.2. The minimum atomic E-state index is -0.560. The summed E-state index contributed by atoms with van der Waals surface area (Å²) in [6, 6.07) is 19.4. The van der Waals surface area contributed by atoms with Crippen molar-refractivity contribution < 1.29 is 18.7 Å².